The number of benzene rings is 2. The van der Waals surface area contributed by atoms with E-state index in [1.165, 1.54) is 4.90 Å². The number of amides is 2. The number of hydrogen-bond donors (Lipinski definition) is 0. The third-order valence-electron chi connectivity index (χ3n) is 5.48. The Bertz CT molecular complexity index is 1070. The van der Waals surface area contributed by atoms with Crippen molar-refractivity contribution in [2.75, 3.05) is 17.1 Å². The molecule has 0 aliphatic carbocycles. The van der Waals surface area contributed by atoms with E-state index >= 15 is 0 Å². The number of methoxy groups -OCH3 is 1. The monoisotopic (exact) mass is 401 g/mol. The van der Waals surface area contributed by atoms with Crippen LogP contribution in [-0.4, -0.2) is 30.0 Å². The topological polar surface area (TPSA) is 72.0 Å². The van der Waals surface area contributed by atoms with Gasteiger partial charge in [0.25, 0.3) is 5.91 Å². The second-order valence-corrected chi connectivity index (χ2v) is 7.15. The van der Waals surface area contributed by atoms with Crippen LogP contribution in [0.1, 0.15) is 11.6 Å². The van der Waals surface area contributed by atoms with E-state index in [1.54, 1.807) is 48.8 Å². The summed E-state index contributed by atoms with van der Waals surface area (Å²) in [4.78, 5) is 38.2. The Morgan fingerprint density at radius 1 is 0.900 bits per heavy atom. The molecule has 2 fully saturated rings. The molecule has 2 aliphatic heterocycles. The number of nitrogens with zero attached hydrogens (tertiary/aromatic N) is 3. The predicted octanol–water partition coefficient (Wildman–Crippen LogP) is 3.14. The Kier molecular flexibility index (Phi) is 4.44. The Labute approximate surface area is 173 Å². The van der Waals surface area contributed by atoms with Crippen molar-refractivity contribution in [3.05, 3.63) is 84.7 Å². The summed E-state index contributed by atoms with van der Waals surface area (Å²) in [6, 6.07) is 19.5. The normalized spacial score (nSPS) is 23.0. The summed E-state index contributed by atoms with van der Waals surface area (Å²) in [5.74, 6) is -0.688. The highest BCUT2D eigenvalue weighted by atomic mass is 16.7. The van der Waals surface area contributed by atoms with Crippen LogP contribution < -0.4 is 14.7 Å². The number of imide groups is 1. The first-order chi connectivity index (χ1) is 14.7. The Morgan fingerprint density at radius 3 is 2.33 bits per heavy atom. The highest BCUT2D eigenvalue weighted by Crippen LogP contribution is 2.47. The van der Waals surface area contributed by atoms with Gasteiger partial charge < -0.3 is 4.74 Å². The first kappa shape index (κ1) is 18.3. The lowest BCUT2D eigenvalue weighted by molar-refractivity contribution is -0.126. The molecule has 2 aliphatic rings. The van der Waals surface area contributed by atoms with Gasteiger partial charge >= 0.3 is 0 Å². The Hall–Kier alpha value is -3.71. The highest BCUT2D eigenvalue weighted by molar-refractivity contribution is 6.23. The average molecular weight is 401 g/mol. The molecule has 2 amide bonds. The molecule has 2 saturated heterocycles. The highest BCUT2D eigenvalue weighted by Gasteiger charge is 2.60. The molecular formula is C23H19N3O4. The van der Waals surface area contributed by atoms with Gasteiger partial charge in [-0.15, -0.1) is 0 Å². The minimum Gasteiger partial charge on any atom is -0.497 e. The zero-order valence-electron chi connectivity index (χ0n) is 16.2. The van der Waals surface area contributed by atoms with Crippen LogP contribution in [-0.2, 0) is 14.4 Å². The van der Waals surface area contributed by atoms with Gasteiger partial charge in [-0.25, -0.2) is 9.96 Å². The fourth-order valence-corrected chi connectivity index (χ4v) is 4.09. The van der Waals surface area contributed by atoms with Crippen LogP contribution in [0.5, 0.6) is 5.75 Å². The van der Waals surface area contributed by atoms with Gasteiger partial charge in [-0.2, -0.15) is 0 Å². The third-order valence-corrected chi connectivity index (χ3v) is 5.48. The van der Waals surface area contributed by atoms with Crippen LogP contribution in [0.25, 0.3) is 0 Å². The number of para-hydroxylation sites is 1. The van der Waals surface area contributed by atoms with Crippen LogP contribution in [0.15, 0.2) is 79.1 Å². The Morgan fingerprint density at radius 2 is 1.67 bits per heavy atom. The van der Waals surface area contributed by atoms with Gasteiger partial charge in [-0.3, -0.25) is 19.4 Å². The molecule has 2 aromatic carbocycles. The maximum Gasteiger partial charge on any atom is 0.266 e. The molecule has 0 unspecified atom stereocenters. The maximum atomic E-state index is 13.5. The molecule has 5 rings (SSSR count). The van der Waals surface area contributed by atoms with E-state index in [1.807, 2.05) is 42.5 Å². The van der Waals surface area contributed by atoms with Crippen LogP contribution in [0, 0.1) is 5.92 Å². The van der Waals surface area contributed by atoms with Gasteiger partial charge in [0.05, 0.1) is 24.5 Å². The second-order valence-electron chi connectivity index (χ2n) is 7.15. The molecule has 3 aromatic rings. The first-order valence-corrected chi connectivity index (χ1v) is 9.62. The molecule has 0 N–H and O–H groups in total. The summed E-state index contributed by atoms with van der Waals surface area (Å²) < 4.78 is 5.17. The number of aromatic nitrogens is 1. The predicted molar refractivity (Wildman–Crippen MR) is 110 cm³/mol. The van der Waals surface area contributed by atoms with Crippen LogP contribution >= 0.6 is 0 Å². The van der Waals surface area contributed by atoms with Gasteiger partial charge in [0, 0.05) is 12.4 Å². The molecule has 3 heterocycles. The summed E-state index contributed by atoms with van der Waals surface area (Å²) in [6.07, 6.45) is 2.49. The molecule has 30 heavy (non-hydrogen) atoms. The Balaban J connectivity index is 1.55. The molecule has 1 aromatic heterocycles. The molecule has 150 valence electrons. The van der Waals surface area contributed by atoms with E-state index in [-0.39, 0.29) is 11.8 Å². The number of anilines is 2. The summed E-state index contributed by atoms with van der Waals surface area (Å²) in [5, 5.41) is 1.66. The van der Waals surface area contributed by atoms with Crippen molar-refractivity contribution in [3.63, 3.8) is 0 Å². The summed E-state index contributed by atoms with van der Waals surface area (Å²) in [7, 11) is 1.57. The van der Waals surface area contributed by atoms with E-state index in [0.717, 1.165) is 11.3 Å². The van der Waals surface area contributed by atoms with Crippen LogP contribution in [0.3, 0.4) is 0 Å². The average Bonchev–Trinajstić information content (AvgIpc) is 3.31. The quantitative estimate of drug-likeness (QED) is 0.626. The second kappa shape index (κ2) is 7.27. The minimum absolute atomic E-state index is 0.289. The largest absolute Gasteiger partial charge is 0.497 e. The molecular weight excluding hydrogens is 382 g/mol. The number of pyridine rings is 1. The molecule has 3 atom stereocenters. The standard InChI is InChI=1S/C23H19N3O4/c1-29-18-11-9-16(10-12-18)25-22(27)19-20(15-6-5-13-24-14-15)26(30-21(19)23(25)28)17-7-3-2-4-8-17/h2-14,19-21H,1H3/t19-,20+,21+/m1/s1. The molecule has 0 saturated carbocycles. The SMILES string of the molecule is COc1ccc(N2C(=O)[C@H]3[C@H](ON(c4ccccc4)[C@H]3c3cccnc3)C2=O)cc1. The molecule has 7 nitrogen and oxygen atoms in total. The lowest BCUT2D eigenvalue weighted by atomic mass is 9.91. The van der Waals surface area contributed by atoms with Crippen molar-refractivity contribution >= 4 is 23.2 Å². The van der Waals surface area contributed by atoms with Crippen molar-refractivity contribution in [2.24, 2.45) is 5.92 Å². The van der Waals surface area contributed by atoms with Gasteiger partial charge in [-0.05, 0) is 48.0 Å². The van der Waals surface area contributed by atoms with Crippen molar-refractivity contribution < 1.29 is 19.2 Å². The zero-order valence-corrected chi connectivity index (χ0v) is 16.2. The summed E-state index contributed by atoms with van der Waals surface area (Å²) >= 11 is 0. The number of carbonyl (C=O) groups is 2. The van der Waals surface area contributed by atoms with E-state index in [2.05, 4.69) is 4.98 Å². The van der Waals surface area contributed by atoms with Crippen molar-refractivity contribution in [3.8, 4) is 5.75 Å². The van der Waals surface area contributed by atoms with Crippen molar-refractivity contribution in [1.29, 1.82) is 0 Å². The number of hydroxylamine groups is 1. The molecule has 0 bridgehead atoms. The van der Waals surface area contributed by atoms with Gasteiger partial charge in [0.15, 0.2) is 6.10 Å². The fourth-order valence-electron chi connectivity index (χ4n) is 4.09. The zero-order chi connectivity index (χ0) is 20.7. The summed E-state index contributed by atoms with van der Waals surface area (Å²) in [6.45, 7) is 0. The number of rotatable bonds is 4. The van der Waals surface area contributed by atoms with E-state index in [0.29, 0.717) is 11.4 Å². The lowest BCUT2D eigenvalue weighted by Crippen LogP contribution is -2.37. The smallest absolute Gasteiger partial charge is 0.266 e. The first-order valence-electron chi connectivity index (χ1n) is 9.62. The fraction of sp³-hybridized carbons (Fsp3) is 0.174. The molecule has 0 spiro atoms. The van der Waals surface area contributed by atoms with Gasteiger partial charge in [0.1, 0.15) is 11.7 Å². The van der Waals surface area contributed by atoms with E-state index in [9.17, 15) is 9.59 Å². The number of carbonyl (C=O) groups excluding carboxylic acids is 2. The van der Waals surface area contributed by atoms with Crippen molar-refractivity contribution in [1.82, 2.24) is 4.98 Å². The van der Waals surface area contributed by atoms with Crippen molar-refractivity contribution in [2.45, 2.75) is 12.1 Å². The lowest BCUT2D eigenvalue weighted by Gasteiger charge is -2.28. The third kappa shape index (κ3) is 2.83. The molecule has 0 radical (unpaired) electrons. The van der Waals surface area contributed by atoms with Crippen LogP contribution in [0.2, 0.25) is 0 Å². The van der Waals surface area contributed by atoms with Gasteiger partial charge in [-0.1, -0.05) is 24.3 Å². The molecule has 7 heteroatoms. The number of fused-ring (bicyclic) bond motifs is 1. The van der Waals surface area contributed by atoms with E-state index < -0.39 is 18.1 Å². The number of hydrogen-bond acceptors (Lipinski definition) is 6. The van der Waals surface area contributed by atoms with Crippen LogP contribution in [0.4, 0.5) is 11.4 Å². The van der Waals surface area contributed by atoms with Gasteiger partial charge in [0.2, 0.25) is 5.91 Å². The maximum absolute atomic E-state index is 13.5. The number of ether oxygens (including phenoxy) is 1. The van der Waals surface area contributed by atoms with E-state index in [4.69, 9.17) is 9.57 Å². The minimum atomic E-state index is -0.898. The summed E-state index contributed by atoms with van der Waals surface area (Å²) in [5.41, 5.74) is 2.09.